The zero-order valence-corrected chi connectivity index (χ0v) is 25.5. The number of halogens is 2. The van der Waals surface area contributed by atoms with E-state index >= 15 is 0 Å². The molecule has 0 amide bonds. The number of nitrogens with zero attached hydrogens (tertiary/aromatic N) is 2. The third-order valence-corrected chi connectivity index (χ3v) is 8.19. The first kappa shape index (κ1) is 29.4. The molecule has 1 aliphatic rings. The molecule has 5 rings (SSSR count). The van der Waals surface area contributed by atoms with Gasteiger partial charge in [-0.1, -0.05) is 64.9 Å². The number of rotatable bonds is 8. The van der Waals surface area contributed by atoms with E-state index in [4.69, 9.17) is 42.1 Å². The second-order valence-electron chi connectivity index (χ2n) is 9.27. The van der Waals surface area contributed by atoms with Crippen LogP contribution in [0.3, 0.4) is 0 Å². The number of benzene rings is 3. The van der Waals surface area contributed by atoms with Crippen molar-refractivity contribution < 1.29 is 23.7 Å². The van der Waals surface area contributed by atoms with Gasteiger partial charge < -0.3 is 18.9 Å². The van der Waals surface area contributed by atoms with Crippen molar-refractivity contribution in [1.29, 1.82) is 0 Å². The van der Waals surface area contributed by atoms with Crippen LogP contribution in [0.2, 0.25) is 10.0 Å². The Labute approximate surface area is 255 Å². The molecule has 1 aliphatic heterocycles. The van der Waals surface area contributed by atoms with Crippen LogP contribution < -0.4 is 29.1 Å². The van der Waals surface area contributed by atoms with Crippen molar-refractivity contribution in [2.24, 2.45) is 4.99 Å². The van der Waals surface area contributed by atoms with E-state index in [1.165, 1.54) is 37.2 Å². The summed E-state index contributed by atoms with van der Waals surface area (Å²) in [5.41, 5.74) is 2.40. The molecular formula is C31H26Cl2N2O6S. The summed E-state index contributed by atoms with van der Waals surface area (Å²) in [6, 6.07) is 17.3. The van der Waals surface area contributed by atoms with Gasteiger partial charge >= 0.3 is 5.97 Å². The molecular weight excluding hydrogens is 599 g/mol. The van der Waals surface area contributed by atoms with Gasteiger partial charge in [0.1, 0.15) is 18.4 Å². The van der Waals surface area contributed by atoms with Crippen molar-refractivity contribution in [2.45, 2.75) is 19.6 Å². The molecule has 4 aromatic rings. The van der Waals surface area contributed by atoms with Crippen molar-refractivity contribution in [2.75, 3.05) is 21.3 Å². The molecule has 0 unspecified atom stereocenters. The average Bonchev–Trinajstić information content (AvgIpc) is 3.29. The number of ether oxygens (including phenoxy) is 4. The van der Waals surface area contributed by atoms with Crippen LogP contribution in [0.15, 0.2) is 81.7 Å². The second-order valence-corrected chi connectivity index (χ2v) is 11.1. The maximum atomic E-state index is 14.0. The highest BCUT2D eigenvalue weighted by Crippen LogP contribution is 2.38. The first-order chi connectivity index (χ1) is 20.2. The highest BCUT2D eigenvalue weighted by atomic mass is 35.5. The third kappa shape index (κ3) is 5.68. The Morgan fingerprint density at radius 3 is 2.45 bits per heavy atom. The lowest BCUT2D eigenvalue weighted by molar-refractivity contribution is -0.136. The SMILES string of the molecule is COC(=O)C1=C(C)N=c2s/c(=C\c3cc(Cl)c(OCc4ccccc4)c(OC)c3)c(=O)n2[C@H]1c1cc(Cl)ccc1OC. The van der Waals surface area contributed by atoms with Crippen LogP contribution in [-0.4, -0.2) is 31.9 Å². The van der Waals surface area contributed by atoms with E-state index in [9.17, 15) is 9.59 Å². The Kier molecular flexibility index (Phi) is 8.72. The molecule has 0 bridgehead atoms. The highest BCUT2D eigenvalue weighted by molar-refractivity contribution is 7.07. The van der Waals surface area contributed by atoms with Crippen LogP contribution in [0.1, 0.15) is 29.7 Å². The van der Waals surface area contributed by atoms with Gasteiger partial charge in [-0.05, 0) is 54.5 Å². The maximum Gasteiger partial charge on any atom is 0.338 e. The number of fused-ring (bicyclic) bond motifs is 1. The van der Waals surface area contributed by atoms with E-state index in [0.29, 0.717) is 60.1 Å². The van der Waals surface area contributed by atoms with Crippen molar-refractivity contribution >= 4 is 46.6 Å². The molecule has 0 radical (unpaired) electrons. The van der Waals surface area contributed by atoms with E-state index in [1.54, 1.807) is 43.3 Å². The molecule has 216 valence electrons. The molecule has 0 N–H and O–H groups in total. The van der Waals surface area contributed by atoms with Gasteiger partial charge in [-0.25, -0.2) is 9.79 Å². The van der Waals surface area contributed by atoms with Gasteiger partial charge in [-0.15, -0.1) is 0 Å². The Bertz CT molecular complexity index is 1880. The molecule has 0 saturated heterocycles. The lowest BCUT2D eigenvalue weighted by atomic mass is 9.95. The maximum absolute atomic E-state index is 14.0. The van der Waals surface area contributed by atoms with Crippen molar-refractivity contribution in [3.8, 4) is 17.2 Å². The summed E-state index contributed by atoms with van der Waals surface area (Å²) in [5, 5.41) is 0.748. The number of esters is 1. The number of allylic oxidation sites excluding steroid dienone is 1. The number of thiazole rings is 1. The molecule has 1 aromatic heterocycles. The van der Waals surface area contributed by atoms with E-state index in [-0.39, 0.29) is 11.1 Å². The zero-order valence-electron chi connectivity index (χ0n) is 23.1. The second kappa shape index (κ2) is 12.4. The molecule has 0 spiro atoms. The molecule has 0 saturated carbocycles. The molecule has 0 fully saturated rings. The van der Waals surface area contributed by atoms with E-state index in [0.717, 1.165) is 5.56 Å². The summed E-state index contributed by atoms with van der Waals surface area (Å²) in [5.74, 6) is 0.661. The van der Waals surface area contributed by atoms with E-state index in [1.807, 2.05) is 30.3 Å². The molecule has 2 heterocycles. The summed E-state index contributed by atoms with van der Waals surface area (Å²) in [7, 11) is 4.31. The number of hydrogen-bond acceptors (Lipinski definition) is 8. The van der Waals surface area contributed by atoms with Gasteiger partial charge in [-0.3, -0.25) is 9.36 Å². The largest absolute Gasteiger partial charge is 0.496 e. The van der Waals surface area contributed by atoms with Gasteiger partial charge in [0.05, 0.1) is 42.2 Å². The number of aromatic nitrogens is 1. The summed E-state index contributed by atoms with van der Waals surface area (Å²) in [6.07, 6.45) is 1.70. The van der Waals surface area contributed by atoms with Gasteiger partial charge in [0, 0.05) is 10.6 Å². The van der Waals surface area contributed by atoms with E-state index < -0.39 is 12.0 Å². The minimum Gasteiger partial charge on any atom is -0.496 e. The number of carbonyl (C=O) groups excluding carboxylic acids is 1. The monoisotopic (exact) mass is 624 g/mol. The molecule has 0 aliphatic carbocycles. The van der Waals surface area contributed by atoms with Crippen molar-refractivity contribution in [3.05, 3.63) is 118 Å². The number of carbonyl (C=O) groups is 1. The fourth-order valence-electron chi connectivity index (χ4n) is 4.75. The van der Waals surface area contributed by atoms with Crippen LogP contribution >= 0.6 is 34.5 Å². The van der Waals surface area contributed by atoms with Crippen LogP contribution in [-0.2, 0) is 16.1 Å². The topological polar surface area (TPSA) is 88.4 Å². The van der Waals surface area contributed by atoms with Crippen LogP contribution in [0, 0.1) is 0 Å². The molecule has 42 heavy (non-hydrogen) atoms. The molecule has 8 nitrogen and oxygen atoms in total. The smallest absolute Gasteiger partial charge is 0.338 e. The van der Waals surface area contributed by atoms with Crippen molar-refractivity contribution in [1.82, 2.24) is 4.57 Å². The summed E-state index contributed by atoms with van der Waals surface area (Å²) >= 11 is 14.1. The zero-order chi connectivity index (χ0) is 30.0. The Balaban J connectivity index is 1.63. The predicted octanol–water partition coefficient (Wildman–Crippen LogP) is 5.31. The molecule has 3 aromatic carbocycles. The normalized spacial score (nSPS) is 14.7. The molecule has 1 atom stereocenters. The standard InChI is InChI=1S/C31H26Cl2N2O6S/c1-17-26(30(37)40-4)27(21-15-20(32)10-11-23(21)38-2)35-29(36)25(42-31(35)34-17)14-19-12-22(33)28(24(13-19)39-3)41-16-18-8-6-5-7-9-18/h5-15,27H,16H2,1-4H3/b25-14-/t27-/m0/s1. The third-order valence-electron chi connectivity index (χ3n) is 6.69. The number of hydrogen-bond donors (Lipinski definition) is 0. The van der Waals surface area contributed by atoms with Crippen LogP contribution in [0.5, 0.6) is 17.2 Å². The summed E-state index contributed by atoms with van der Waals surface area (Å²) < 4.78 is 24.0. The summed E-state index contributed by atoms with van der Waals surface area (Å²) in [6.45, 7) is 2.01. The average molecular weight is 626 g/mol. The first-order valence-corrected chi connectivity index (χ1v) is 14.3. The van der Waals surface area contributed by atoms with Crippen LogP contribution in [0.4, 0.5) is 0 Å². The quantitative estimate of drug-likeness (QED) is 0.247. The van der Waals surface area contributed by atoms with Gasteiger partial charge in [-0.2, -0.15) is 0 Å². The predicted molar refractivity (Wildman–Crippen MR) is 163 cm³/mol. The Morgan fingerprint density at radius 2 is 1.76 bits per heavy atom. The lowest BCUT2D eigenvalue weighted by Crippen LogP contribution is -2.40. The lowest BCUT2D eigenvalue weighted by Gasteiger charge is -2.25. The fourth-order valence-corrected chi connectivity index (χ4v) is 6.25. The molecule has 11 heteroatoms. The Hall–Kier alpha value is -4.05. The fraction of sp³-hybridized carbons (Fsp3) is 0.194. The van der Waals surface area contributed by atoms with Gasteiger partial charge in [0.15, 0.2) is 16.3 Å². The van der Waals surface area contributed by atoms with E-state index in [2.05, 4.69) is 4.99 Å². The van der Waals surface area contributed by atoms with Gasteiger partial charge in [0.25, 0.3) is 5.56 Å². The minimum absolute atomic E-state index is 0.210. The van der Waals surface area contributed by atoms with Gasteiger partial charge in [0.2, 0.25) is 0 Å². The summed E-state index contributed by atoms with van der Waals surface area (Å²) in [4.78, 5) is 31.9. The minimum atomic E-state index is -0.878. The van der Waals surface area contributed by atoms with Crippen molar-refractivity contribution in [3.63, 3.8) is 0 Å². The number of methoxy groups -OCH3 is 3. The van der Waals surface area contributed by atoms with Crippen LogP contribution in [0.25, 0.3) is 6.08 Å². The Morgan fingerprint density at radius 1 is 1.02 bits per heavy atom. The first-order valence-electron chi connectivity index (χ1n) is 12.7. The highest BCUT2D eigenvalue weighted by Gasteiger charge is 2.35.